The Labute approximate surface area is 185 Å². The molecule has 0 spiro atoms. The third-order valence-corrected chi connectivity index (χ3v) is 5.21. The minimum absolute atomic E-state index is 0.0462. The second kappa shape index (κ2) is 14.7. The zero-order chi connectivity index (χ0) is 24.1. The second-order valence-corrected chi connectivity index (χ2v) is 8.52. The van der Waals surface area contributed by atoms with Gasteiger partial charge < -0.3 is 32.5 Å². The minimum atomic E-state index is -1.18. The van der Waals surface area contributed by atoms with Crippen LogP contribution in [-0.2, 0) is 19.2 Å². The smallest absolute Gasteiger partial charge is 0.325 e. The van der Waals surface area contributed by atoms with Crippen LogP contribution in [0.2, 0.25) is 0 Å². The number of hydrogen-bond donors (Lipinski definition) is 6. The molecule has 3 amide bonds. The first-order valence-electron chi connectivity index (χ1n) is 11.0. The van der Waals surface area contributed by atoms with E-state index in [4.69, 9.17) is 16.6 Å². The topological polar surface area (TPSA) is 177 Å². The quantitative estimate of drug-likeness (QED) is 0.194. The molecule has 5 atom stereocenters. The lowest BCUT2D eigenvalue weighted by molar-refractivity contribution is -0.141. The molecule has 0 aromatic heterocycles. The van der Waals surface area contributed by atoms with Crippen molar-refractivity contribution >= 4 is 23.7 Å². The van der Waals surface area contributed by atoms with Gasteiger partial charge in [0.05, 0.1) is 6.04 Å². The van der Waals surface area contributed by atoms with Crippen molar-refractivity contribution in [3.63, 3.8) is 0 Å². The highest BCUT2D eigenvalue weighted by Gasteiger charge is 2.30. The highest BCUT2D eigenvalue weighted by atomic mass is 16.4. The lowest BCUT2D eigenvalue weighted by atomic mass is 9.97. The monoisotopic (exact) mass is 443 g/mol. The van der Waals surface area contributed by atoms with Crippen molar-refractivity contribution in [3.8, 4) is 0 Å². The number of carboxylic acids is 1. The number of amides is 3. The van der Waals surface area contributed by atoms with Gasteiger partial charge in [-0.15, -0.1) is 0 Å². The molecule has 0 aromatic carbocycles. The van der Waals surface area contributed by atoms with E-state index in [1.807, 2.05) is 27.7 Å². The molecule has 0 rings (SSSR count). The summed E-state index contributed by atoms with van der Waals surface area (Å²) in [6.07, 6.45) is 2.63. The number of nitrogens with two attached hydrogens (primary N) is 2. The van der Waals surface area contributed by atoms with E-state index < -0.39 is 47.9 Å². The second-order valence-electron chi connectivity index (χ2n) is 8.52. The number of rotatable bonds is 15. The molecule has 31 heavy (non-hydrogen) atoms. The fourth-order valence-corrected chi connectivity index (χ4v) is 2.89. The summed E-state index contributed by atoms with van der Waals surface area (Å²) in [5.41, 5.74) is 11.5. The number of hydrogen-bond acceptors (Lipinski definition) is 6. The van der Waals surface area contributed by atoms with Crippen LogP contribution in [0.4, 0.5) is 0 Å². The van der Waals surface area contributed by atoms with Crippen LogP contribution in [0, 0.1) is 11.8 Å². The number of carboxylic acid groups (broad SMARTS) is 1. The SMILES string of the molecule is CCC(C)C(N)C(=O)NC(CC(C)C)C(=O)NC(CCCCN)C(=O)NC(C)C(=O)O. The van der Waals surface area contributed by atoms with E-state index in [1.54, 1.807) is 0 Å². The Morgan fingerprint density at radius 3 is 1.90 bits per heavy atom. The van der Waals surface area contributed by atoms with E-state index in [2.05, 4.69) is 16.0 Å². The van der Waals surface area contributed by atoms with Crippen molar-refractivity contribution in [3.05, 3.63) is 0 Å². The predicted octanol–water partition coefficient (Wildman–Crippen LogP) is 0.0938. The normalized spacial score (nSPS) is 16.0. The number of aliphatic carboxylic acids is 1. The predicted molar refractivity (Wildman–Crippen MR) is 119 cm³/mol. The summed E-state index contributed by atoms with van der Waals surface area (Å²) >= 11 is 0. The maximum atomic E-state index is 13.0. The maximum Gasteiger partial charge on any atom is 0.325 e. The van der Waals surface area contributed by atoms with Crippen LogP contribution in [0.3, 0.4) is 0 Å². The largest absolute Gasteiger partial charge is 0.480 e. The third-order valence-electron chi connectivity index (χ3n) is 5.21. The Bertz CT molecular complexity index is 599. The van der Waals surface area contributed by atoms with Gasteiger partial charge in [-0.3, -0.25) is 19.2 Å². The van der Waals surface area contributed by atoms with Crippen molar-refractivity contribution < 1.29 is 24.3 Å². The highest BCUT2D eigenvalue weighted by molar-refractivity contribution is 5.94. The van der Waals surface area contributed by atoms with E-state index in [0.717, 1.165) is 6.42 Å². The highest BCUT2D eigenvalue weighted by Crippen LogP contribution is 2.10. The third kappa shape index (κ3) is 11.1. The molecule has 0 aliphatic heterocycles. The fraction of sp³-hybridized carbons (Fsp3) is 0.810. The van der Waals surface area contributed by atoms with Gasteiger partial charge >= 0.3 is 5.97 Å². The van der Waals surface area contributed by atoms with Crippen molar-refractivity contribution in [2.45, 2.75) is 90.9 Å². The molecule has 0 bridgehead atoms. The molecule has 180 valence electrons. The van der Waals surface area contributed by atoms with Crippen LogP contribution in [0.5, 0.6) is 0 Å². The molecule has 0 aliphatic rings. The first-order chi connectivity index (χ1) is 14.4. The summed E-state index contributed by atoms with van der Waals surface area (Å²) in [4.78, 5) is 49.1. The summed E-state index contributed by atoms with van der Waals surface area (Å²) in [5.74, 6) is -2.63. The molecule has 0 aromatic rings. The summed E-state index contributed by atoms with van der Waals surface area (Å²) < 4.78 is 0. The van der Waals surface area contributed by atoms with Crippen molar-refractivity contribution in [2.75, 3.05) is 6.54 Å². The summed E-state index contributed by atoms with van der Waals surface area (Å²) in [6, 6.07) is -3.63. The van der Waals surface area contributed by atoms with E-state index in [-0.39, 0.29) is 11.8 Å². The Morgan fingerprint density at radius 2 is 1.42 bits per heavy atom. The van der Waals surface area contributed by atoms with Gasteiger partial charge in [-0.05, 0) is 51.0 Å². The molecule has 0 heterocycles. The number of carbonyl (C=O) groups excluding carboxylic acids is 3. The number of carbonyl (C=O) groups is 4. The molecule has 10 nitrogen and oxygen atoms in total. The Kier molecular flexibility index (Phi) is 13.7. The van der Waals surface area contributed by atoms with Crippen LogP contribution < -0.4 is 27.4 Å². The molecule has 5 unspecified atom stereocenters. The van der Waals surface area contributed by atoms with Crippen LogP contribution in [0.1, 0.15) is 66.7 Å². The van der Waals surface area contributed by atoms with Crippen LogP contribution in [0.15, 0.2) is 0 Å². The van der Waals surface area contributed by atoms with Gasteiger partial charge in [-0.2, -0.15) is 0 Å². The molecule has 0 aliphatic carbocycles. The minimum Gasteiger partial charge on any atom is -0.480 e. The Morgan fingerprint density at radius 1 is 0.871 bits per heavy atom. The van der Waals surface area contributed by atoms with Gasteiger partial charge in [0, 0.05) is 0 Å². The van der Waals surface area contributed by atoms with Gasteiger partial charge in [0.25, 0.3) is 0 Å². The summed E-state index contributed by atoms with van der Waals surface area (Å²) in [6.45, 7) is 9.41. The zero-order valence-electron chi connectivity index (χ0n) is 19.4. The fourth-order valence-electron chi connectivity index (χ4n) is 2.89. The first kappa shape index (κ1) is 28.8. The molecule has 0 saturated carbocycles. The Balaban J connectivity index is 5.37. The van der Waals surface area contributed by atoms with Crippen molar-refractivity contribution in [1.82, 2.24) is 16.0 Å². The molecule has 0 saturated heterocycles. The Hall–Kier alpha value is -2.20. The summed E-state index contributed by atoms with van der Waals surface area (Å²) in [7, 11) is 0. The average Bonchev–Trinajstić information content (AvgIpc) is 2.70. The van der Waals surface area contributed by atoms with Gasteiger partial charge in [0.1, 0.15) is 18.1 Å². The maximum absolute atomic E-state index is 13.0. The summed E-state index contributed by atoms with van der Waals surface area (Å²) in [5, 5.41) is 16.8. The number of nitrogens with one attached hydrogen (secondary N) is 3. The molecule has 0 radical (unpaired) electrons. The average molecular weight is 444 g/mol. The molecular weight excluding hydrogens is 402 g/mol. The van der Waals surface area contributed by atoms with Crippen LogP contribution in [0.25, 0.3) is 0 Å². The molecular formula is C21H41N5O5. The van der Waals surface area contributed by atoms with E-state index in [9.17, 15) is 19.2 Å². The standard InChI is InChI=1S/C21H41N5O5/c1-6-13(4)17(23)20(29)26-16(11-12(2)3)19(28)25-15(9-7-8-10-22)18(27)24-14(5)21(30)31/h12-17H,6-11,22-23H2,1-5H3,(H,24,27)(H,25,28)(H,26,29)(H,30,31). The van der Waals surface area contributed by atoms with Gasteiger partial charge in [0.2, 0.25) is 17.7 Å². The van der Waals surface area contributed by atoms with E-state index in [1.165, 1.54) is 6.92 Å². The lowest BCUT2D eigenvalue weighted by Crippen LogP contribution is -2.57. The van der Waals surface area contributed by atoms with Crippen molar-refractivity contribution in [1.29, 1.82) is 0 Å². The van der Waals surface area contributed by atoms with Gasteiger partial charge in [0.15, 0.2) is 0 Å². The molecule has 8 N–H and O–H groups in total. The van der Waals surface area contributed by atoms with Gasteiger partial charge in [-0.1, -0.05) is 34.1 Å². The van der Waals surface area contributed by atoms with Crippen LogP contribution >= 0.6 is 0 Å². The zero-order valence-corrected chi connectivity index (χ0v) is 19.4. The van der Waals surface area contributed by atoms with Crippen molar-refractivity contribution in [2.24, 2.45) is 23.3 Å². The van der Waals surface area contributed by atoms with E-state index >= 15 is 0 Å². The molecule has 10 heteroatoms. The lowest BCUT2D eigenvalue weighted by Gasteiger charge is -2.26. The van der Waals surface area contributed by atoms with Crippen LogP contribution in [-0.4, -0.2) is 59.5 Å². The number of unbranched alkanes of at least 4 members (excludes halogenated alkanes) is 1. The van der Waals surface area contributed by atoms with Gasteiger partial charge in [-0.25, -0.2) is 0 Å². The molecule has 0 fully saturated rings. The first-order valence-corrected chi connectivity index (χ1v) is 11.0. The van der Waals surface area contributed by atoms with E-state index in [0.29, 0.717) is 32.2 Å².